The molecule has 1 aromatic heterocycles. The minimum atomic E-state index is -4.50. The number of nitrogens with one attached hydrogen (secondary N) is 3. The van der Waals surface area contributed by atoms with E-state index in [1.807, 2.05) is 0 Å². The van der Waals surface area contributed by atoms with Gasteiger partial charge in [-0.1, -0.05) is 18.2 Å². The molecule has 5 nitrogen and oxygen atoms in total. The van der Waals surface area contributed by atoms with E-state index >= 15 is 0 Å². The first-order chi connectivity index (χ1) is 13.0. The number of hydrogen-bond donors (Lipinski definition) is 3. The molecule has 0 aliphatic carbocycles. The molecule has 0 radical (unpaired) electrons. The maximum absolute atomic E-state index is 13.6. The molecular weight excluding hydrogens is 355 g/mol. The summed E-state index contributed by atoms with van der Waals surface area (Å²) < 4.78 is 40.9. The Morgan fingerprint density at radius 1 is 1.11 bits per heavy atom. The van der Waals surface area contributed by atoms with Crippen molar-refractivity contribution in [3.63, 3.8) is 0 Å². The number of aromatic nitrogens is 2. The Labute approximate surface area is 154 Å². The van der Waals surface area contributed by atoms with Crippen molar-refractivity contribution in [3.8, 4) is 6.07 Å². The third kappa shape index (κ3) is 3.08. The van der Waals surface area contributed by atoms with Crippen LogP contribution in [0.25, 0.3) is 0 Å². The fourth-order valence-corrected chi connectivity index (χ4v) is 4.01. The maximum Gasteiger partial charge on any atom is 0.416 e. The molecule has 1 aromatic carbocycles. The van der Waals surface area contributed by atoms with Gasteiger partial charge in [0, 0.05) is 23.4 Å². The fourth-order valence-electron chi connectivity index (χ4n) is 4.01. The van der Waals surface area contributed by atoms with Gasteiger partial charge >= 0.3 is 6.18 Å². The number of fused-ring (bicyclic) bond motifs is 1. The van der Waals surface area contributed by atoms with Crippen molar-refractivity contribution in [2.24, 2.45) is 5.92 Å². The third-order valence-electron chi connectivity index (χ3n) is 5.26. The zero-order chi connectivity index (χ0) is 19.0. The van der Waals surface area contributed by atoms with Gasteiger partial charge < -0.3 is 10.6 Å². The normalized spacial score (nSPS) is 20.7. The van der Waals surface area contributed by atoms with Gasteiger partial charge in [0.05, 0.1) is 23.1 Å². The summed E-state index contributed by atoms with van der Waals surface area (Å²) >= 11 is 0. The van der Waals surface area contributed by atoms with Crippen LogP contribution in [0.15, 0.2) is 41.7 Å². The van der Waals surface area contributed by atoms with E-state index in [1.165, 1.54) is 12.1 Å². The Hall–Kier alpha value is -2.79. The molecule has 8 heteroatoms. The largest absolute Gasteiger partial charge is 0.416 e. The van der Waals surface area contributed by atoms with E-state index in [9.17, 15) is 18.4 Å². The molecule has 0 spiro atoms. The van der Waals surface area contributed by atoms with Crippen molar-refractivity contribution in [2.75, 3.05) is 18.4 Å². The van der Waals surface area contributed by atoms with E-state index < -0.39 is 17.7 Å². The third-order valence-corrected chi connectivity index (χ3v) is 5.26. The van der Waals surface area contributed by atoms with Crippen molar-refractivity contribution in [1.82, 2.24) is 15.5 Å². The lowest BCUT2D eigenvalue weighted by Gasteiger charge is -2.33. The molecule has 2 aliphatic rings. The Morgan fingerprint density at radius 3 is 2.56 bits per heavy atom. The van der Waals surface area contributed by atoms with Crippen molar-refractivity contribution in [3.05, 3.63) is 58.4 Å². The van der Waals surface area contributed by atoms with E-state index in [4.69, 9.17) is 0 Å². The number of H-pyrrole nitrogens is 1. The van der Waals surface area contributed by atoms with Crippen LogP contribution in [0, 0.1) is 17.2 Å². The topological polar surface area (TPSA) is 76.5 Å². The van der Waals surface area contributed by atoms with Gasteiger partial charge in [0.1, 0.15) is 0 Å². The summed E-state index contributed by atoms with van der Waals surface area (Å²) in [7, 11) is 0. The standard InChI is InChI=1S/C19H18F3N5/c20-19(21,22)15-4-2-1-3-12(15)16-13(9-23)17(11-5-7-24-8-6-11)26-18-14(16)10-25-27-18/h1-4,10-11,16,24H,5-8H2,(H2,25,26,27). The first-order valence-electron chi connectivity index (χ1n) is 8.82. The average Bonchev–Trinajstić information content (AvgIpc) is 3.14. The van der Waals surface area contributed by atoms with Gasteiger partial charge in [-0.05, 0) is 37.6 Å². The number of allylic oxidation sites excluding steroid dienone is 2. The van der Waals surface area contributed by atoms with Gasteiger partial charge in [0.2, 0.25) is 0 Å². The van der Waals surface area contributed by atoms with Crippen molar-refractivity contribution in [2.45, 2.75) is 24.9 Å². The summed E-state index contributed by atoms with van der Waals surface area (Å²) in [5.41, 5.74) is 0.951. The highest BCUT2D eigenvalue weighted by Gasteiger charge is 2.40. The Kier molecular flexibility index (Phi) is 4.40. The van der Waals surface area contributed by atoms with Crippen LogP contribution < -0.4 is 10.6 Å². The number of aromatic amines is 1. The lowest BCUT2D eigenvalue weighted by atomic mass is 9.78. The first kappa shape index (κ1) is 17.6. The Bertz CT molecular complexity index is 916. The molecule has 1 fully saturated rings. The fraction of sp³-hybridized carbons (Fsp3) is 0.368. The molecule has 0 amide bonds. The van der Waals surface area contributed by atoms with Gasteiger partial charge in [-0.15, -0.1) is 0 Å². The highest BCUT2D eigenvalue weighted by atomic mass is 19.4. The van der Waals surface area contributed by atoms with Crippen molar-refractivity contribution < 1.29 is 13.2 Å². The number of anilines is 1. The monoisotopic (exact) mass is 373 g/mol. The van der Waals surface area contributed by atoms with Crippen LogP contribution >= 0.6 is 0 Å². The number of nitriles is 1. The van der Waals surface area contributed by atoms with Gasteiger partial charge in [-0.2, -0.15) is 23.5 Å². The van der Waals surface area contributed by atoms with Crippen LogP contribution in [0.3, 0.4) is 0 Å². The number of alkyl halides is 3. The number of piperidine rings is 1. The van der Waals surface area contributed by atoms with Crippen LogP contribution in [-0.4, -0.2) is 23.3 Å². The summed E-state index contributed by atoms with van der Waals surface area (Å²) in [6, 6.07) is 7.66. The average molecular weight is 373 g/mol. The number of rotatable bonds is 2. The molecule has 0 saturated carbocycles. The molecule has 27 heavy (non-hydrogen) atoms. The first-order valence-corrected chi connectivity index (χ1v) is 8.82. The van der Waals surface area contributed by atoms with Crippen LogP contribution in [0.1, 0.15) is 35.4 Å². The molecule has 1 saturated heterocycles. The van der Waals surface area contributed by atoms with E-state index in [0.29, 0.717) is 22.7 Å². The van der Waals surface area contributed by atoms with Gasteiger partial charge in [0.15, 0.2) is 5.82 Å². The van der Waals surface area contributed by atoms with Gasteiger partial charge in [0.25, 0.3) is 0 Å². The molecule has 140 valence electrons. The molecule has 2 aromatic rings. The maximum atomic E-state index is 13.6. The van der Waals surface area contributed by atoms with Crippen LogP contribution in [-0.2, 0) is 6.18 Å². The second-order valence-electron chi connectivity index (χ2n) is 6.80. The molecule has 1 unspecified atom stereocenters. The van der Waals surface area contributed by atoms with Gasteiger partial charge in [-0.3, -0.25) is 5.10 Å². The smallest absolute Gasteiger partial charge is 0.341 e. The van der Waals surface area contributed by atoms with E-state index in [-0.39, 0.29) is 11.5 Å². The predicted octanol–water partition coefficient (Wildman–Crippen LogP) is 3.76. The molecule has 3 heterocycles. The van der Waals surface area contributed by atoms with Crippen molar-refractivity contribution in [1.29, 1.82) is 5.26 Å². The molecular formula is C19H18F3N5. The number of benzene rings is 1. The van der Waals surface area contributed by atoms with Crippen LogP contribution in [0.2, 0.25) is 0 Å². The Morgan fingerprint density at radius 2 is 1.85 bits per heavy atom. The van der Waals surface area contributed by atoms with Crippen LogP contribution in [0.4, 0.5) is 19.0 Å². The highest BCUT2D eigenvalue weighted by Crippen LogP contribution is 2.46. The quantitative estimate of drug-likeness (QED) is 0.749. The molecule has 1 atom stereocenters. The summed E-state index contributed by atoms with van der Waals surface area (Å²) in [5.74, 6) is -0.219. The summed E-state index contributed by atoms with van der Waals surface area (Å²) in [5, 5.41) is 23.3. The molecule has 4 rings (SSSR count). The Balaban J connectivity index is 1.90. The predicted molar refractivity (Wildman–Crippen MR) is 93.7 cm³/mol. The number of halogens is 3. The second-order valence-corrected chi connectivity index (χ2v) is 6.80. The summed E-state index contributed by atoms with van der Waals surface area (Å²) in [6.07, 6.45) is -1.29. The molecule has 2 aliphatic heterocycles. The molecule has 3 N–H and O–H groups in total. The minimum Gasteiger partial charge on any atom is -0.341 e. The zero-order valence-electron chi connectivity index (χ0n) is 14.4. The second kappa shape index (κ2) is 6.74. The van der Waals surface area contributed by atoms with Gasteiger partial charge in [-0.25, -0.2) is 0 Å². The molecule has 0 bridgehead atoms. The SMILES string of the molecule is N#CC1=C(C2CCNCC2)Nc2n[nH]cc2C1c1ccccc1C(F)(F)F. The zero-order valence-corrected chi connectivity index (χ0v) is 14.4. The van der Waals surface area contributed by atoms with E-state index in [2.05, 4.69) is 26.9 Å². The van der Waals surface area contributed by atoms with Crippen molar-refractivity contribution >= 4 is 5.82 Å². The summed E-state index contributed by atoms with van der Waals surface area (Å²) in [6.45, 7) is 1.62. The van der Waals surface area contributed by atoms with E-state index in [1.54, 1.807) is 12.3 Å². The van der Waals surface area contributed by atoms with E-state index in [0.717, 1.165) is 32.0 Å². The lowest BCUT2D eigenvalue weighted by Crippen LogP contribution is -2.32. The van der Waals surface area contributed by atoms with Crippen LogP contribution in [0.5, 0.6) is 0 Å². The summed E-state index contributed by atoms with van der Waals surface area (Å²) in [4.78, 5) is 0. The minimum absolute atomic E-state index is 0.0807. The lowest BCUT2D eigenvalue weighted by molar-refractivity contribution is -0.138. The highest BCUT2D eigenvalue weighted by molar-refractivity contribution is 5.65. The number of nitrogens with zero attached hydrogens (tertiary/aromatic N) is 2. The number of hydrogen-bond acceptors (Lipinski definition) is 4.